The van der Waals surface area contributed by atoms with E-state index in [9.17, 15) is 22.4 Å². The molecule has 4 aromatic rings. The first-order valence-electron chi connectivity index (χ1n) is 10.6. The third-order valence-electron chi connectivity index (χ3n) is 5.72. The molecule has 10 heteroatoms. The van der Waals surface area contributed by atoms with Gasteiger partial charge in [-0.2, -0.15) is 13.2 Å². The Morgan fingerprint density at radius 3 is 2.54 bits per heavy atom. The van der Waals surface area contributed by atoms with Crippen LogP contribution in [0.5, 0.6) is 0 Å². The van der Waals surface area contributed by atoms with Crippen LogP contribution >= 0.6 is 0 Å². The summed E-state index contributed by atoms with van der Waals surface area (Å²) < 4.78 is 53.3. The van der Waals surface area contributed by atoms with Gasteiger partial charge in [-0.25, -0.2) is 9.37 Å². The second-order valence-electron chi connectivity index (χ2n) is 8.11. The molecule has 180 valence electrons. The number of pyridine rings is 3. The van der Waals surface area contributed by atoms with Crippen molar-refractivity contribution < 1.29 is 22.4 Å². The number of carbonyl (C=O) groups excluding carboxylic acids is 1. The number of carbonyl (C=O) groups is 1. The number of benzene rings is 1. The molecule has 0 unspecified atom stereocenters. The van der Waals surface area contributed by atoms with E-state index < -0.39 is 29.5 Å². The Hall–Kier alpha value is -4.08. The number of nitrogen functional groups attached to an aromatic ring is 1. The molecular weight excluding hydrogens is 462 g/mol. The number of nitrogens with two attached hydrogens (primary N) is 1. The van der Waals surface area contributed by atoms with Gasteiger partial charge in [-0.3, -0.25) is 14.8 Å². The Labute approximate surface area is 198 Å². The zero-order valence-electron chi connectivity index (χ0n) is 18.8. The van der Waals surface area contributed by atoms with Crippen LogP contribution in [0.15, 0.2) is 60.9 Å². The summed E-state index contributed by atoms with van der Waals surface area (Å²) in [6.45, 7) is 3.19. The minimum Gasteiger partial charge on any atom is -0.383 e. The molecule has 0 spiro atoms. The highest BCUT2D eigenvalue weighted by Crippen LogP contribution is 2.31. The molecule has 0 bridgehead atoms. The van der Waals surface area contributed by atoms with Crippen LogP contribution < -0.4 is 5.73 Å². The molecule has 6 nitrogen and oxygen atoms in total. The van der Waals surface area contributed by atoms with Crippen molar-refractivity contribution >= 4 is 22.6 Å². The Bertz CT molecular complexity index is 1390. The van der Waals surface area contributed by atoms with Crippen molar-refractivity contribution in [2.45, 2.75) is 32.6 Å². The van der Waals surface area contributed by atoms with Gasteiger partial charge in [0.25, 0.3) is 5.91 Å². The lowest BCUT2D eigenvalue weighted by Crippen LogP contribution is -2.34. The van der Waals surface area contributed by atoms with Crippen LogP contribution in [-0.2, 0) is 12.7 Å². The van der Waals surface area contributed by atoms with Crippen molar-refractivity contribution in [2.24, 2.45) is 0 Å². The normalized spacial score (nSPS) is 12.5. The molecule has 0 aliphatic carbocycles. The minimum absolute atomic E-state index is 0.0192. The molecule has 0 aliphatic rings. The van der Waals surface area contributed by atoms with Crippen LogP contribution in [0.4, 0.5) is 23.4 Å². The van der Waals surface area contributed by atoms with E-state index in [1.807, 2.05) is 0 Å². The number of hydrogen-bond donors (Lipinski definition) is 1. The predicted molar refractivity (Wildman–Crippen MR) is 123 cm³/mol. The Balaban J connectivity index is 1.73. The zero-order valence-corrected chi connectivity index (χ0v) is 18.8. The second-order valence-corrected chi connectivity index (χ2v) is 8.11. The van der Waals surface area contributed by atoms with Crippen LogP contribution in [0.25, 0.3) is 10.9 Å². The van der Waals surface area contributed by atoms with Crippen LogP contribution in [0, 0.1) is 12.7 Å². The van der Waals surface area contributed by atoms with E-state index in [4.69, 9.17) is 5.73 Å². The highest BCUT2D eigenvalue weighted by Gasteiger charge is 2.32. The maximum atomic E-state index is 14.4. The van der Waals surface area contributed by atoms with Gasteiger partial charge in [0.2, 0.25) is 0 Å². The molecule has 0 saturated carbocycles. The number of anilines is 1. The van der Waals surface area contributed by atoms with E-state index in [2.05, 4.69) is 15.0 Å². The number of aryl methyl sites for hydroxylation is 1. The number of amides is 1. The Kier molecular flexibility index (Phi) is 6.38. The fraction of sp³-hybridized carbons (Fsp3) is 0.200. The van der Waals surface area contributed by atoms with Crippen molar-refractivity contribution in [1.29, 1.82) is 0 Å². The average Bonchev–Trinajstić information content (AvgIpc) is 2.83. The predicted octanol–water partition coefficient (Wildman–Crippen LogP) is 5.48. The summed E-state index contributed by atoms with van der Waals surface area (Å²) in [4.78, 5) is 27.2. The van der Waals surface area contributed by atoms with Crippen LogP contribution in [-0.4, -0.2) is 25.8 Å². The number of halogens is 4. The SMILES string of the molecule is Cc1cc2cc(C(=O)N(Cc3ncccc3F)[C@H](C)c3ccc(C(F)(F)F)cn3)ccc2nc1N. The van der Waals surface area contributed by atoms with Gasteiger partial charge in [0, 0.05) is 23.3 Å². The van der Waals surface area contributed by atoms with E-state index in [1.165, 1.54) is 29.3 Å². The second kappa shape index (κ2) is 9.28. The lowest BCUT2D eigenvalue weighted by molar-refractivity contribution is -0.137. The van der Waals surface area contributed by atoms with Crippen molar-refractivity contribution in [1.82, 2.24) is 19.9 Å². The topological polar surface area (TPSA) is 85.0 Å². The van der Waals surface area contributed by atoms with Gasteiger partial charge in [-0.15, -0.1) is 0 Å². The van der Waals surface area contributed by atoms with Gasteiger partial charge in [0.1, 0.15) is 11.6 Å². The summed E-state index contributed by atoms with van der Waals surface area (Å²) in [6, 6.07) is 10.6. The van der Waals surface area contributed by atoms with Crippen molar-refractivity contribution in [3.63, 3.8) is 0 Å². The largest absolute Gasteiger partial charge is 0.417 e. The molecule has 0 aliphatic heterocycles. The highest BCUT2D eigenvalue weighted by molar-refractivity contribution is 5.98. The first kappa shape index (κ1) is 24.1. The number of hydrogen-bond acceptors (Lipinski definition) is 5. The summed E-state index contributed by atoms with van der Waals surface area (Å²) in [5.41, 5.74) is 6.84. The zero-order chi connectivity index (χ0) is 25.3. The van der Waals surface area contributed by atoms with Crippen molar-refractivity contribution in [2.75, 3.05) is 5.73 Å². The lowest BCUT2D eigenvalue weighted by Gasteiger charge is -2.29. The third kappa shape index (κ3) is 5.06. The quantitative estimate of drug-likeness (QED) is 0.380. The van der Waals surface area contributed by atoms with Gasteiger partial charge < -0.3 is 10.6 Å². The van der Waals surface area contributed by atoms with Crippen LogP contribution in [0.3, 0.4) is 0 Å². The molecule has 0 radical (unpaired) electrons. The molecule has 3 heterocycles. The van der Waals surface area contributed by atoms with E-state index in [-0.39, 0.29) is 17.9 Å². The molecule has 4 rings (SSSR count). The lowest BCUT2D eigenvalue weighted by atomic mass is 10.1. The number of rotatable bonds is 5. The first-order valence-corrected chi connectivity index (χ1v) is 10.6. The first-order chi connectivity index (χ1) is 16.5. The molecule has 3 aromatic heterocycles. The smallest absolute Gasteiger partial charge is 0.383 e. The van der Waals surface area contributed by atoms with Gasteiger partial charge >= 0.3 is 6.18 Å². The van der Waals surface area contributed by atoms with Gasteiger partial charge in [0.05, 0.1) is 35.1 Å². The molecule has 1 aromatic carbocycles. The number of fused-ring (bicyclic) bond motifs is 1. The Morgan fingerprint density at radius 1 is 1.11 bits per heavy atom. The maximum absolute atomic E-state index is 14.4. The molecule has 2 N–H and O–H groups in total. The van der Waals surface area contributed by atoms with E-state index in [0.717, 1.165) is 11.6 Å². The number of alkyl halides is 3. The summed E-state index contributed by atoms with van der Waals surface area (Å²) >= 11 is 0. The standard InChI is InChI=1S/C25H21F4N5O/c1-14-10-17-11-16(5-7-21(17)33-23(14)30)24(35)34(13-22-19(26)4-3-9-31-22)15(2)20-8-6-18(12-32-20)25(27,28)29/h3-12,15H,13H2,1-2H3,(H2,30,33)/t15-/m1/s1. The highest BCUT2D eigenvalue weighted by atomic mass is 19.4. The number of nitrogens with zero attached hydrogens (tertiary/aromatic N) is 4. The van der Waals surface area contributed by atoms with Crippen molar-refractivity contribution in [3.8, 4) is 0 Å². The molecular formula is C25H21F4N5O. The summed E-state index contributed by atoms with van der Waals surface area (Å²) in [7, 11) is 0. The molecule has 1 amide bonds. The summed E-state index contributed by atoms with van der Waals surface area (Å²) in [5, 5.41) is 0.687. The summed E-state index contributed by atoms with van der Waals surface area (Å²) in [5.74, 6) is -0.696. The molecule has 35 heavy (non-hydrogen) atoms. The average molecular weight is 483 g/mol. The maximum Gasteiger partial charge on any atom is 0.417 e. The fourth-order valence-corrected chi connectivity index (χ4v) is 3.66. The van der Waals surface area contributed by atoms with Crippen molar-refractivity contribution in [3.05, 3.63) is 94.8 Å². The van der Waals surface area contributed by atoms with Crippen LogP contribution in [0.2, 0.25) is 0 Å². The molecule has 0 fully saturated rings. The van der Waals surface area contributed by atoms with Crippen LogP contribution in [0.1, 0.15) is 45.8 Å². The monoisotopic (exact) mass is 483 g/mol. The Morgan fingerprint density at radius 2 is 1.89 bits per heavy atom. The van der Waals surface area contributed by atoms with Gasteiger partial charge in [0.15, 0.2) is 0 Å². The molecule has 0 saturated heterocycles. The van der Waals surface area contributed by atoms with Gasteiger partial charge in [-0.05, 0) is 67.9 Å². The summed E-state index contributed by atoms with van der Waals surface area (Å²) in [6.07, 6.45) is -2.43. The van der Waals surface area contributed by atoms with Gasteiger partial charge in [-0.1, -0.05) is 0 Å². The minimum atomic E-state index is -4.54. The van der Waals surface area contributed by atoms with E-state index in [1.54, 1.807) is 38.1 Å². The van der Waals surface area contributed by atoms with E-state index in [0.29, 0.717) is 28.5 Å². The fourth-order valence-electron chi connectivity index (χ4n) is 3.66. The number of aromatic nitrogens is 3. The molecule has 1 atom stereocenters. The van der Waals surface area contributed by atoms with E-state index >= 15 is 0 Å². The third-order valence-corrected chi connectivity index (χ3v) is 5.72.